The molecule has 5 heteroatoms. The molecule has 0 aliphatic carbocycles. The van der Waals surface area contributed by atoms with Gasteiger partial charge in [-0.25, -0.2) is 0 Å². The van der Waals surface area contributed by atoms with Crippen LogP contribution in [0.1, 0.15) is 39.5 Å². The third kappa shape index (κ3) is 3.69. The summed E-state index contributed by atoms with van der Waals surface area (Å²) in [7, 11) is 0. The van der Waals surface area contributed by atoms with Crippen LogP contribution in [0.2, 0.25) is 0 Å². The molecule has 0 aromatic rings. The van der Waals surface area contributed by atoms with Crippen LogP contribution in [0.4, 0.5) is 0 Å². The highest BCUT2D eigenvalue weighted by Crippen LogP contribution is 2.17. The number of carbonyl (C=O) groups is 2. The molecule has 2 atom stereocenters. The molecular weight excluding hydrogens is 242 g/mol. The van der Waals surface area contributed by atoms with Crippen molar-refractivity contribution in [2.45, 2.75) is 51.6 Å². The van der Waals surface area contributed by atoms with Crippen LogP contribution in [0.25, 0.3) is 0 Å². The van der Waals surface area contributed by atoms with E-state index in [1.165, 1.54) is 12.8 Å². The van der Waals surface area contributed by atoms with Crippen LogP contribution in [-0.4, -0.2) is 48.4 Å². The maximum Gasteiger partial charge on any atom is 0.245 e. The summed E-state index contributed by atoms with van der Waals surface area (Å²) in [5.41, 5.74) is 0. The second kappa shape index (κ2) is 6.37. The normalized spacial score (nSPS) is 27.4. The highest BCUT2D eigenvalue weighted by molar-refractivity contribution is 5.90. The monoisotopic (exact) mass is 267 g/mol. The predicted molar refractivity (Wildman–Crippen MR) is 73.6 cm³/mol. The van der Waals surface area contributed by atoms with E-state index in [2.05, 4.69) is 10.6 Å². The minimum Gasteiger partial charge on any atom is -0.344 e. The van der Waals surface area contributed by atoms with Crippen LogP contribution in [-0.2, 0) is 9.59 Å². The van der Waals surface area contributed by atoms with Crippen molar-refractivity contribution >= 4 is 11.8 Å². The van der Waals surface area contributed by atoms with Gasteiger partial charge >= 0.3 is 0 Å². The molecule has 2 rings (SSSR count). The number of nitrogens with one attached hydrogen (secondary N) is 2. The molecule has 2 fully saturated rings. The standard InChI is InChI=1S/C14H25N3O2/c1-10(2)17(9-11-4-3-7-15-8-11)14(19)12-5-6-13(18)16-12/h10-12,15H,3-9H2,1-2H3,(H,16,18)/t11?,12-/m0/s1. The van der Waals surface area contributed by atoms with Crippen molar-refractivity contribution in [1.82, 2.24) is 15.5 Å². The van der Waals surface area contributed by atoms with Crippen LogP contribution < -0.4 is 10.6 Å². The molecule has 5 nitrogen and oxygen atoms in total. The van der Waals surface area contributed by atoms with Crippen LogP contribution in [0.3, 0.4) is 0 Å². The molecule has 2 aliphatic rings. The van der Waals surface area contributed by atoms with Crippen molar-refractivity contribution in [3.05, 3.63) is 0 Å². The lowest BCUT2D eigenvalue weighted by molar-refractivity contribution is -0.136. The van der Waals surface area contributed by atoms with E-state index in [1.807, 2.05) is 18.7 Å². The predicted octanol–water partition coefficient (Wildman–Crippen LogP) is 0.502. The quantitative estimate of drug-likeness (QED) is 0.780. The van der Waals surface area contributed by atoms with Crippen molar-refractivity contribution in [2.24, 2.45) is 5.92 Å². The third-order valence-corrected chi connectivity index (χ3v) is 4.05. The fourth-order valence-corrected chi connectivity index (χ4v) is 2.91. The zero-order valence-electron chi connectivity index (χ0n) is 11.9. The number of carbonyl (C=O) groups excluding carboxylic acids is 2. The molecule has 0 spiro atoms. The lowest BCUT2D eigenvalue weighted by Gasteiger charge is -2.34. The second-order valence-electron chi connectivity index (χ2n) is 5.96. The van der Waals surface area contributed by atoms with E-state index in [9.17, 15) is 9.59 Å². The summed E-state index contributed by atoms with van der Waals surface area (Å²) in [6.07, 6.45) is 3.49. The Balaban J connectivity index is 1.94. The molecule has 2 heterocycles. The first-order chi connectivity index (χ1) is 9.08. The molecule has 2 aliphatic heterocycles. The Morgan fingerprint density at radius 3 is 2.74 bits per heavy atom. The van der Waals surface area contributed by atoms with Crippen LogP contribution in [0.5, 0.6) is 0 Å². The minimum absolute atomic E-state index is 0.00129. The highest BCUT2D eigenvalue weighted by atomic mass is 16.2. The van der Waals surface area contributed by atoms with Gasteiger partial charge in [0.15, 0.2) is 0 Å². The lowest BCUT2D eigenvalue weighted by Crippen LogP contribution is -2.50. The van der Waals surface area contributed by atoms with E-state index in [4.69, 9.17) is 0 Å². The molecule has 2 saturated heterocycles. The first kappa shape index (κ1) is 14.3. The Bertz CT molecular complexity index is 338. The Labute approximate surface area is 115 Å². The van der Waals surface area contributed by atoms with E-state index in [0.717, 1.165) is 19.6 Å². The number of rotatable bonds is 4. The molecule has 0 radical (unpaired) electrons. The van der Waals surface area contributed by atoms with Gasteiger partial charge in [0.25, 0.3) is 0 Å². The van der Waals surface area contributed by atoms with Gasteiger partial charge in [0.2, 0.25) is 11.8 Å². The number of nitrogens with zero attached hydrogens (tertiary/aromatic N) is 1. The highest BCUT2D eigenvalue weighted by Gasteiger charge is 2.32. The maximum absolute atomic E-state index is 12.5. The van der Waals surface area contributed by atoms with Crippen LogP contribution in [0.15, 0.2) is 0 Å². The first-order valence-corrected chi connectivity index (χ1v) is 7.38. The SMILES string of the molecule is CC(C)N(CC1CCCNC1)C(=O)[C@@H]1CCC(=O)N1. The number of amides is 2. The Morgan fingerprint density at radius 1 is 1.42 bits per heavy atom. The summed E-state index contributed by atoms with van der Waals surface area (Å²) in [5.74, 6) is 0.630. The summed E-state index contributed by atoms with van der Waals surface area (Å²) in [4.78, 5) is 25.7. The van der Waals surface area contributed by atoms with Crippen molar-refractivity contribution in [3.8, 4) is 0 Å². The molecule has 0 saturated carbocycles. The molecule has 108 valence electrons. The van der Waals surface area contributed by atoms with Gasteiger partial charge in [0.05, 0.1) is 0 Å². The van der Waals surface area contributed by atoms with E-state index in [-0.39, 0.29) is 23.9 Å². The molecule has 0 aromatic heterocycles. The summed E-state index contributed by atoms with van der Waals surface area (Å²) < 4.78 is 0. The van der Waals surface area contributed by atoms with E-state index >= 15 is 0 Å². The average Bonchev–Trinajstić information content (AvgIpc) is 2.83. The van der Waals surface area contributed by atoms with Crippen molar-refractivity contribution in [2.75, 3.05) is 19.6 Å². The van der Waals surface area contributed by atoms with Gasteiger partial charge in [0.1, 0.15) is 6.04 Å². The van der Waals surface area contributed by atoms with Crippen LogP contribution in [0, 0.1) is 5.92 Å². The third-order valence-electron chi connectivity index (χ3n) is 4.05. The summed E-state index contributed by atoms with van der Waals surface area (Å²) >= 11 is 0. The Hall–Kier alpha value is -1.10. The smallest absolute Gasteiger partial charge is 0.245 e. The molecule has 2 N–H and O–H groups in total. The molecule has 0 aromatic carbocycles. The number of hydrogen-bond donors (Lipinski definition) is 2. The van der Waals surface area contributed by atoms with Gasteiger partial charge in [-0.15, -0.1) is 0 Å². The molecule has 2 amide bonds. The Morgan fingerprint density at radius 2 is 2.21 bits per heavy atom. The van der Waals surface area contributed by atoms with Crippen molar-refractivity contribution in [1.29, 1.82) is 0 Å². The fraction of sp³-hybridized carbons (Fsp3) is 0.857. The van der Waals surface area contributed by atoms with Gasteiger partial charge in [-0.3, -0.25) is 9.59 Å². The van der Waals surface area contributed by atoms with E-state index < -0.39 is 0 Å². The van der Waals surface area contributed by atoms with E-state index in [0.29, 0.717) is 18.8 Å². The molecule has 19 heavy (non-hydrogen) atoms. The van der Waals surface area contributed by atoms with E-state index in [1.54, 1.807) is 0 Å². The molecule has 0 bridgehead atoms. The molecular formula is C14H25N3O2. The topological polar surface area (TPSA) is 61.4 Å². The van der Waals surface area contributed by atoms with Gasteiger partial charge in [-0.1, -0.05) is 0 Å². The van der Waals surface area contributed by atoms with Gasteiger partial charge in [-0.05, 0) is 52.1 Å². The second-order valence-corrected chi connectivity index (χ2v) is 5.96. The zero-order valence-corrected chi connectivity index (χ0v) is 11.9. The number of hydrogen-bond acceptors (Lipinski definition) is 3. The van der Waals surface area contributed by atoms with Crippen molar-refractivity contribution in [3.63, 3.8) is 0 Å². The van der Waals surface area contributed by atoms with Crippen molar-refractivity contribution < 1.29 is 9.59 Å². The maximum atomic E-state index is 12.5. The van der Waals surface area contributed by atoms with Gasteiger partial charge in [0, 0.05) is 19.0 Å². The lowest BCUT2D eigenvalue weighted by atomic mass is 9.98. The minimum atomic E-state index is -0.300. The fourth-order valence-electron chi connectivity index (χ4n) is 2.91. The first-order valence-electron chi connectivity index (χ1n) is 7.38. The number of piperidine rings is 1. The van der Waals surface area contributed by atoms with Crippen LogP contribution >= 0.6 is 0 Å². The summed E-state index contributed by atoms with van der Waals surface area (Å²) in [6, 6.07) is -0.113. The van der Waals surface area contributed by atoms with Gasteiger partial charge in [-0.2, -0.15) is 0 Å². The Kier molecular flexibility index (Phi) is 4.80. The summed E-state index contributed by atoms with van der Waals surface area (Å²) in [6.45, 7) is 6.98. The largest absolute Gasteiger partial charge is 0.344 e. The zero-order chi connectivity index (χ0) is 13.8. The molecule has 1 unspecified atom stereocenters. The van der Waals surface area contributed by atoms with Gasteiger partial charge < -0.3 is 15.5 Å². The average molecular weight is 267 g/mol. The summed E-state index contributed by atoms with van der Waals surface area (Å²) in [5, 5.41) is 6.17.